The lowest BCUT2D eigenvalue weighted by Gasteiger charge is -2.21. The smallest absolute Gasteiger partial charge is 0.246 e. The average Bonchev–Trinajstić information content (AvgIpc) is 2.89. The van der Waals surface area contributed by atoms with Crippen LogP contribution in [0.4, 0.5) is 0 Å². The third-order valence-corrected chi connectivity index (χ3v) is 4.23. The summed E-state index contributed by atoms with van der Waals surface area (Å²) in [6.07, 6.45) is 1.51. The van der Waals surface area contributed by atoms with E-state index < -0.39 is 5.54 Å². The van der Waals surface area contributed by atoms with E-state index in [-0.39, 0.29) is 6.10 Å². The second-order valence-corrected chi connectivity index (χ2v) is 5.41. The van der Waals surface area contributed by atoms with Crippen molar-refractivity contribution in [2.75, 3.05) is 18.1 Å². The van der Waals surface area contributed by atoms with Crippen molar-refractivity contribution in [3.8, 4) is 0 Å². The molecule has 0 bridgehead atoms. The molecule has 0 radical (unpaired) electrons. The zero-order valence-electron chi connectivity index (χ0n) is 10.3. The minimum Gasteiger partial charge on any atom is -0.368 e. The van der Waals surface area contributed by atoms with Gasteiger partial charge in [0.1, 0.15) is 6.10 Å². The number of nitrogens with two attached hydrogens (primary N) is 1. The summed E-state index contributed by atoms with van der Waals surface area (Å²) < 4.78 is 10.9. The van der Waals surface area contributed by atoms with Crippen molar-refractivity contribution < 1.29 is 9.26 Å². The Labute approximate surface area is 105 Å². The van der Waals surface area contributed by atoms with Gasteiger partial charge in [0.2, 0.25) is 11.7 Å². The third kappa shape index (κ3) is 2.64. The van der Waals surface area contributed by atoms with E-state index in [9.17, 15) is 0 Å². The molecule has 96 valence electrons. The number of aromatic nitrogens is 2. The van der Waals surface area contributed by atoms with Crippen molar-refractivity contribution in [1.29, 1.82) is 0 Å². The zero-order valence-corrected chi connectivity index (χ0v) is 11.1. The van der Waals surface area contributed by atoms with Crippen LogP contribution in [0.1, 0.15) is 44.5 Å². The molecule has 2 rings (SSSR count). The Kier molecular flexibility index (Phi) is 4.06. The van der Waals surface area contributed by atoms with Crippen LogP contribution in [0.5, 0.6) is 0 Å². The number of hydrogen-bond acceptors (Lipinski definition) is 6. The summed E-state index contributed by atoms with van der Waals surface area (Å²) in [6.45, 7) is 4.80. The van der Waals surface area contributed by atoms with E-state index in [1.165, 1.54) is 0 Å². The fraction of sp³-hybridized carbons (Fsp3) is 0.818. The summed E-state index contributed by atoms with van der Waals surface area (Å²) in [5.74, 6) is 3.07. The number of nitrogens with zero attached hydrogens (tertiary/aromatic N) is 2. The topological polar surface area (TPSA) is 74.2 Å². The van der Waals surface area contributed by atoms with E-state index in [0.29, 0.717) is 11.7 Å². The monoisotopic (exact) mass is 257 g/mol. The molecular formula is C11H19N3O2S. The van der Waals surface area contributed by atoms with Crippen LogP contribution in [-0.4, -0.2) is 28.3 Å². The summed E-state index contributed by atoms with van der Waals surface area (Å²) in [5.41, 5.74) is 5.71. The van der Waals surface area contributed by atoms with Crippen LogP contribution in [0.15, 0.2) is 4.52 Å². The van der Waals surface area contributed by atoms with Crippen LogP contribution in [-0.2, 0) is 10.3 Å². The van der Waals surface area contributed by atoms with Crippen LogP contribution in [0.2, 0.25) is 0 Å². The number of hydrogen-bond donors (Lipinski definition) is 1. The van der Waals surface area contributed by atoms with Crippen LogP contribution in [0.25, 0.3) is 0 Å². The summed E-state index contributed by atoms with van der Waals surface area (Å²) in [7, 11) is 0. The average molecular weight is 257 g/mol. The fourth-order valence-electron chi connectivity index (χ4n) is 1.76. The van der Waals surface area contributed by atoms with Gasteiger partial charge < -0.3 is 15.0 Å². The molecule has 2 N–H and O–H groups in total. The van der Waals surface area contributed by atoms with E-state index in [1.54, 1.807) is 0 Å². The van der Waals surface area contributed by atoms with Crippen molar-refractivity contribution in [2.45, 2.75) is 38.3 Å². The van der Waals surface area contributed by atoms with Gasteiger partial charge in [-0.15, -0.1) is 0 Å². The Morgan fingerprint density at radius 3 is 2.82 bits per heavy atom. The zero-order chi connectivity index (χ0) is 12.3. The predicted octanol–water partition coefficient (Wildman–Crippen LogP) is 1.85. The fourth-order valence-corrected chi connectivity index (χ4v) is 2.60. The summed E-state index contributed by atoms with van der Waals surface area (Å²) >= 11 is 1.85. The SMILES string of the molecule is CCC(N)(CC)c1nc(C2CSCCO2)no1. The van der Waals surface area contributed by atoms with Gasteiger partial charge in [0, 0.05) is 11.5 Å². The van der Waals surface area contributed by atoms with Crippen LogP contribution >= 0.6 is 11.8 Å². The first-order valence-corrected chi connectivity index (χ1v) is 7.17. The molecule has 6 heteroatoms. The minimum absolute atomic E-state index is 0.0517. The Hall–Kier alpha value is -0.590. The molecule has 1 aliphatic rings. The Morgan fingerprint density at radius 2 is 2.24 bits per heavy atom. The van der Waals surface area contributed by atoms with Gasteiger partial charge in [-0.05, 0) is 12.8 Å². The minimum atomic E-state index is -0.507. The molecule has 0 amide bonds. The highest BCUT2D eigenvalue weighted by atomic mass is 32.2. The lowest BCUT2D eigenvalue weighted by atomic mass is 9.94. The lowest BCUT2D eigenvalue weighted by Crippen LogP contribution is -2.35. The molecule has 0 spiro atoms. The highest BCUT2D eigenvalue weighted by Crippen LogP contribution is 2.28. The molecular weight excluding hydrogens is 238 g/mol. The molecule has 0 aromatic carbocycles. The van der Waals surface area contributed by atoms with E-state index in [4.69, 9.17) is 15.0 Å². The molecule has 2 heterocycles. The first-order chi connectivity index (χ1) is 8.19. The van der Waals surface area contributed by atoms with Crippen molar-refractivity contribution in [3.63, 3.8) is 0 Å². The van der Waals surface area contributed by atoms with Gasteiger partial charge in [0.05, 0.1) is 12.1 Å². The Balaban J connectivity index is 2.14. The third-order valence-electron chi connectivity index (χ3n) is 3.23. The van der Waals surface area contributed by atoms with E-state index in [0.717, 1.165) is 31.0 Å². The molecule has 1 unspecified atom stereocenters. The molecule has 17 heavy (non-hydrogen) atoms. The summed E-state index contributed by atoms with van der Waals surface area (Å²) in [6, 6.07) is 0. The Morgan fingerprint density at radius 1 is 1.47 bits per heavy atom. The van der Waals surface area contributed by atoms with Crippen molar-refractivity contribution >= 4 is 11.8 Å². The molecule has 0 aliphatic carbocycles. The van der Waals surface area contributed by atoms with Crippen molar-refractivity contribution in [1.82, 2.24) is 10.1 Å². The summed E-state index contributed by atoms with van der Waals surface area (Å²) in [4.78, 5) is 4.41. The second kappa shape index (κ2) is 5.37. The molecule has 1 fully saturated rings. The highest BCUT2D eigenvalue weighted by Gasteiger charge is 2.31. The maximum Gasteiger partial charge on any atom is 0.246 e. The van der Waals surface area contributed by atoms with Gasteiger partial charge in [0.25, 0.3) is 0 Å². The maximum atomic E-state index is 6.22. The predicted molar refractivity (Wildman–Crippen MR) is 66.8 cm³/mol. The summed E-state index contributed by atoms with van der Waals surface area (Å²) in [5, 5.41) is 4.00. The van der Waals surface area contributed by atoms with Gasteiger partial charge in [-0.3, -0.25) is 0 Å². The number of ether oxygens (including phenoxy) is 1. The van der Waals surface area contributed by atoms with Gasteiger partial charge >= 0.3 is 0 Å². The largest absolute Gasteiger partial charge is 0.368 e. The molecule has 0 saturated carbocycles. The normalized spacial score (nSPS) is 21.7. The van der Waals surface area contributed by atoms with Crippen molar-refractivity contribution in [2.24, 2.45) is 5.73 Å². The molecule has 1 aromatic rings. The van der Waals surface area contributed by atoms with Gasteiger partial charge in [-0.25, -0.2) is 0 Å². The van der Waals surface area contributed by atoms with E-state index in [1.807, 2.05) is 25.6 Å². The standard InChI is InChI=1S/C11H19N3O2S/c1-3-11(12,4-2)10-13-9(14-16-10)8-7-17-6-5-15-8/h8H,3-7,12H2,1-2H3. The first-order valence-electron chi connectivity index (χ1n) is 6.02. The van der Waals surface area contributed by atoms with E-state index in [2.05, 4.69) is 10.1 Å². The van der Waals surface area contributed by atoms with Gasteiger partial charge in [-0.2, -0.15) is 16.7 Å². The van der Waals surface area contributed by atoms with Gasteiger partial charge in [-0.1, -0.05) is 19.0 Å². The van der Waals surface area contributed by atoms with E-state index >= 15 is 0 Å². The van der Waals surface area contributed by atoms with Crippen LogP contribution in [0.3, 0.4) is 0 Å². The van der Waals surface area contributed by atoms with Gasteiger partial charge in [0.15, 0.2) is 0 Å². The number of thioether (sulfide) groups is 1. The molecule has 1 aromatic heterocycles. The van der Waals surface area contributed by atoms with Crippen LogP contribution in [0, 0.1) is 0 Å². The van der Waals surface area contributed by atoms with Crippen molar-refractivity contribution in [3.05, 3.63) is 11.7 Å². The molecule has 1 saturated heterocycles. The maximum absolute atomic E-state index is 6.22. The number of rotatable bonds is 4. The Bertz CT molecular complexity index is 359. The lowest BCUT2D eigenvalue weighted by molar-refractivity contribution is 0.0677. The van der Waals surface area contributed by atoms with Crippen LogP contribution < -0.4 is 5.73 Å². The molecule has 1 aliphatic heterocycles. The molecule has 5 nitrogen and oxygen atoms in total. The molecule has 1 atom stereocenters. The second-order valence-electron chi connectivity index (χ2n) is 4.26. The highest BCUT2D eigenvalue weighted by molar-refractivity contribution is 7.99. The first kappa shape index (κ1) is 12.9. The quantitative estimate of drug-likeness (QED) is 0.887.